The Labute approximate surface area is 176 Å². The summed E-state index contributed by atoms with van der Waals surface area (Å²) < 4.78 is 6.64. The van der Waals surface area contributed by atoms with Gasteiger partial charge in [-0.15, -0.1) is 0 Å². The highest BCUT2D eigenvalue weighted by Gasteiger charge is 2.30. The molecule has 0 N–H and O–H groups in total. The van der Waals surface area contributed by atoms with Gasteiger partial charge in [-0.3, -0.25) is 9.69 Å². The molecule has 0 atom stereocenters. The number of carbonyl (C=O) groups excluding carboxylic acids is 1. The van der Waals surface area contributed by atoms with E-state index in [4.69, 9.17) is 16.3 Å². The van der Waals surface area contributed by atoms with Crippen LogP contribution in [0.5, 0.6) is 0 Å². The van der Waals surface area contributed by atoms with Crippen LogP contribution in [0.15, 0.2) is 35.1 Å². The Bertz CT molecular complexity index is 942. The number of likely N-dealkylation sites (tertiary alicyclic amines) is 1. The molecule has 0 amide bonds. The molecule has 2 heterocycles. The molecule has 5 nitrogen and oxygen atoms in total. The molecule has 0 radical (unpaired) electrons. The van der Waals surface area contributed by atoms with Gasteiger partial charge in [0.05, 0.1) is 12.7 Å². The third kappa shape index (κ3) is 4.57. The number of hydrogen-bond donors (Lipinski definition) is 0. The molecular weight excluding hydrogens is 388 g/mol. The van der Waals surface area contributed by atoms with Crippen molar-refractivity contribution in [3.05, 3.63) is 68.1 Å². The van der Waals surface area contributed by atoms with Crippen molar-refractivity contribution < 1.29 is 9.53 Å². The standard InChI is InChI=1S/C23H27ClN2O3/c1-29-23(28)18-6-4-16(5-7-18)10-13-26-21(15-25-11-2-3-12-25)19(17-8-9-17)14-20(24)22(26)27/h4-7,14,17H,2-3,8-13,15H2,1H3. The zero-order chi connectivity index (χ0) is 20.4. The van der Waals surface area contributed by atoms with Crippen LogP contribution in [0.1, 0.15) is 58.8 Å². The molecule has 6 heteroatoms. The summed E-state index contributed by atoms with van der Waals surface area (Å²) in [7, 11) is 1.38. The van der Waals surface area contributed by atoms with Crippen LogP contribution in [0.4, 0.5) is 0 Å². The summed E-state index contributed by atoms with van der Waals surface area (Å²) in [5.74, 6) is 0.195. The first-order valence-corrected chi connectivity index (χ1v) is 10.8. The first-order valence-electron chi connectivity index (χ1n) is 10.4. The number of benzene rings is 1. The molecule has 0 bridgehead atoms. The Hall–Kier alpha value is -2.11. The third-order valence-electron chi connectivity index (χ3n) is 5.98. The van der Waals surface area contributed by atoms with Gasteiger partial charge in [0.15, 0.2) is 0 Å². The van der Waals surface area contributed by atoms with Crippen molar-refractivity contribution in [2.24, 2.45) is 0 Å². The second kappa shape index (κ2) is 8.72. The molecule has 1 aliphatic carbocycles. The smallest absolute Gasteiger partial charge is 0.337 e. The fourth-order valence-corrected chi connectivity index (χ4v) is 4.39. The number of hydrogen-bond acceptors (Lipinski definition) is 4. The number of aromatic nitrogens is 1. The van der Waals surface area contributed by atoms with Gasteiger partial charge < -0.3 is 9.30 Å². The second-order valence-corrected chi connectivity index (χ2v) is 8.45. The Kier molecular flexibility index (Phi) is 6.07. The van der Waals surface area contributed by atoms with Gasteiger partial charge in [0.2, 0.25) is 0 Å². The Balaban J connectivity index is 1.59. The van der Waals surface area contributed by atoms with Crippen molar-refractivity contribution in [2.45, 2.75) is 51.1 Å². The monoisotopic (exact) mass is 414 g/mol. The van der Waals surface area contributed by atoms with Crippen LogP contribution in [-0.4, -0.2) is 35.6 Å². The van der Waals surface area contributed by atoms with Gasteiger partial charge in [0.25, 0.3) is 5.56 Å². The van der Waals surface area contributed by atoms with Gasteiger partial charge in [-0.05, 0) is 80.4 Å². The normalized spacial score (nSPS) is 16.9. The first kappa shape index (κ1) is 20.2. The number of nitrogens with zero attached hydrogens (tertiary/aromatic N) is 2. The van der Waals surface area contributed by atoms with E-state index in [9.17, 15) is 9.59 Å². The molecule has 1 aliphatic heterocycles. The second-order valence-electron chi connectivity index (χ2n) is 8.05. The molecule has 1 saturated carbocycles. The van der Waals surface area contributed by atoms with E-state index in [-0.39, 0.29) is 11.5 Å². The Morgan fingerprint density at radius 3 is 2.48 bits per heavy atom. The predicted molar refractivity (Wildman–Crippen MR) is 114 cm³/mol. The maximum absolute atomic E-state index is 12.9. The van der Waals surface area contributed by atoms with E-state index in [1.165, 1.54) is 38.4 Å². The van der Waals surface area contributed by atoms with Crippen molar-refractivity contribution in [1.82, 2.24) is 9.47 Å². The number of pyridine rings is 1. The molecular formula is C23H27ClN2O3. The van der Waals surface area contributed by atoms with Crippen molar-refractivity contribution in [3.63, 3.8) is 0 Å². The lowest BCUT2D eigenvalue weighted by molar-refractivity contribution is 0.0600. The third-order valence-corrected chi connectivity index (χ3v) is 6.25. The van der Waals surface area contributed by atoms with Gasteiger partial charge in [-0.2, -0.15) is 0 Å². The predicted octanol–water partition coefficient (Wildman–Crippen LogP) is 4.00. The zero-order valence-electron chi connectivity index (χ0n) is 16.8. The average Bonchev–Trinajstić information content (AvgIpc) is 3.46. The van der Waals surface area contributed by atoms with Gasteiger partial charge in [-0.1, -0.05) is 23.7 Å². The maximum atomic E-state index is 12.9. The van der Waals surface area contributed by atoms with Crippen molar-refractivity contribution in [3.8, 4) is 0 Å². The number of rotatable bonds is 7. The zero-order valence-corrected chi connectivity index (χ0v) is 17.6. The molecule has 1 aromatic heterocycles. The van der Waals surface area contributed by atoms with E-state index in [1.54, 1.807) is 12.1 Å². The Morgan fingerprint density at radius 2 is 1.86 bits per heavy atom. The highest BCUT2D eigenvalue weighted by molar-refractivity contribution is 6.30. The number of halogens is 1. The van der Waals surface area contributed by atoms with E-state index >= 15 is 0 Å². The van der Waals surface area contributed by atoms with Crippen LogP contribution >= 0.6 is 11.6 Å². The van der Waals surface area contributed by atoms with Crippen molar-refractivity contribution >= 4 is 17.6 Å². The summed E-state index contributed by atoms with van der Waals surface area (Å²) in [6.45, 7) is 3.59. The molecule has 0 unspecified atom stereocenters. The fraction of sp³-hybridized carbons (Fsp3) is 0.478. The van der Waals surface area contributed by atoms with Crippen LogP contribution in [0.3, 0.4) is 0 Å². The number of aryl methyl sites for hydroxylation is 1. The number of ether oxygens (including phenoxy) is 1. The quantitative estimate of drug-likeness (QED) is 0.642. The minimum Gasteiger partial charge on any atom is -0.465 e. The molecule has 1 saturated heterocycles. The van der Waals surface area contributed by atoms with Gasteiger partial charge in [0.1, 0.15) is 5.02 Å². The van der Waals surface area contributed by atoms with Crippen LogP contribution in [-0.2, 0) is 24.2 Å². The number of methoxy groups -OCH3 is 1. The SMILES string of the molecule is COC(=O)c1ccc(CCn2c(CN3CCCC3)c(C3CC3)cc(Cl)c2=O)cc1. The maximum Gasteiger partial charge on any atom is 0.337 e. The van der Waals surface area contributed by atoms with Crippen LogP contribution in [0.25, 0.3) is 0 Å². The number of esters is 1. The first-order chi connectivity index (χ1) is 14.1. The van der Waals surface area contributed by atoms with E-state index in [0.29, 0.717) is 29.5 Å². The minimum absolute atomic E-state index is 0.101. The highest BCUT2D eigenvalue weighted by Crippen LogP contribution is 2.42. The molecule has 1 aromatic carbocycles. The summed E-state index contributed by atoms with van der Waals surface area (Å²) in [4.78, 5) is 27.0. The van der Waals surface area contributed by atoms with Crippen LogP contribution in [0.2, 0.25) is 5.02 Å². The lowest BCUT2D eigenvalue weighted by Crippen LogP contribution is -2.30. The molecule has 29 heavy (non-hydrogen) atoms. The lowest BCUT2D eigenvalue weighted by Gasteiger charge is -2.22. The average molecular weight is 415 g/mol. The molecule has 154 valence electrons. The lowest BCUT2D eigenvalue weighted by atomic mass is 10.1. The Morgan fingerprint density at radius 1 is 1.17 bits per heavy atom. The summed E-state index contributed by atoms with van der Waals surface area (Å²) in [5, 5.41) is 0.318. The summed E-state index contributed by atoms with van der Waals surface area (Å²) >= 11 is 6.33. The molecule has 2 aliphatic rings. The van der Waals surface area contributed by atoms with Gasteiger partial charge >= 0.3 is 5.97 Å². The van der Waals surface area contributed by atoms with Crippen molar-refractivity contribution in [2.75, 3.05) is 20.2 Å². The highest BCUT2D eigenvalue weighted by atomic mass is 35.5. The molecule has 2 fully saturated rings. The van der Waals surface area contributed by atoms with Crippen molar-refractivity contribution in [1.29, 1.82) is 0 Å². The van der Waals surface area contributed by atoms with E-state index in [0.717, 1.165) is 30.9 Å². The number of carbonyl (C=O) groups is 1. The van der Waals surface area contributed by atoms with E-state index in [2.05, 4.69) is 4.90 Å². The van der Waals surface area contributed by atoms with Crippen LogP contribution in [0, 0.1) is 0 Å². The summed E-state index contributed by atoms with van der Waals surface area (Å²) in [6.07, 6.45) is 5.51. The van der Waals surface area contributed by atoms with E-state index in [1.807, 2.05) is 22.8 Å². The molecule has 0 spiro atoms. The molecule has 4 rings (SSSR count). The summed E-state index contributed by atoms with van der Waals surface area (Å²) in [5.41, 5.74) is 3.89. The largest absolute Gasteiger partial charge is 0.465 e. The van der Waals surface area contributed by atoms with Crippen LogP contribution < -0.4 is 5.56 Å². The van der Waals surface area contributed by atoms with Gasteiger partial charge in [-0.25, -0.2) is 4.79 Å². The molecule has 2 aromatic rings. The van der Waals surface area contributed by atoms with Gasteiger partial charge in [0, 0.05) is 18.8 Å². The van der Waals surface area contributed by atoms with E-state index < -0.39 is 0 Å². The fourth-order valence-electron chi connectivity index (χ4n) is 4.17. The summed E-state index contributed by atoms with van der Waals surface area (Å²) in [6, 6.07) is 9.29. The topological polar surface area (TPSA) is 51.5 Å². The minimum atomic E-state index is -0.343.